The Morgan fingerprint density at radius 2 is 2.09 bits per heavy atom. The lowest BCUT2D eigenvalue weighted by molar-refractivity contribution is 0.0950. The lowest BCUT2D eigenvalue weighted by Crippen LogP contribution is -2.22. The first-order valence-electron chi connectivity index (χ1n) is 6.93. The van der Waals surface area contributed by atoms with Crippen molar-refractivity contribution in [2.45, 2.75) is 6.54 Å². The van der Waals surface area contributed by atoms with Gasteiger partial charge < -0.3 is 14.3 Å². The number of fused-ring (bicyclic) bond motifs is 1. The molecule has 7 heteroatoms. The van der Waals surface area contributed by atoms with Crippen LogP contribution < -0.4 is 5.32 Å². The first-order valence-corrected chi connectivity index (χ1v) is 7.74. The predicted octanol–water partition coefficient (Wildman–Crippen LogP) is 3.47. The van der Waals surface area contributed by atoms with Crippen LogP contribution in [0.15, 0.2) is 57.7 Å². The second kappa shape index (κ2) is 5.69. The molecule has 6 nitrogen and oxygen atoms in total. The van der Waals surface area contributed by atoms with Crippen LogP contribution in [-0.2, 0) is 6.54 Å². The fourth-order valence-electron chi connectivity index (χ4n) is 2.15. The molecule has 1 amide bonds. The van der Waals surface area contributed by atoms with Gasteiger partial charge in [0.1, 0.15) is 5.69 Å². The van der Waals surface area contributed by atoms with Gasteiger partial charge in [-0.1, -0.05) is 17.3 Å². The Balaban J connectivity index is 1.45. The van der Waals surface area contributed by atoms with Gasteiger partial charge in [0, 0.05) is 6.07 Å². The summed E-state index contributed by atoms with van der Waals surface area (Å²) in [5.41, 5.74) is 1.44. The fraction of sp³-hybridized carbons (Fsp3) is 0.0625. The number of furan rings is 1. The van der Waals surface area contributed by atoms with Crippen molar-refractivity contribution in [2.24, 2.45) is 0 Å². The average molecular weight is 325 g/mol. The quantitative estimate of drug-likeness (QED) is 0.621. The first-order chi connectivity index (χ1) is 11.3. The molecule has 0 fully saturated rings. The monoisotopic (exact) mass is 325 g/mol. The topological polar surface area (TPSA) is 81.2 Å². The molecule has 0 aliphatic heterocycles. The lowest BCUT2D eigenvalue weighted by atomic mass is 10.3. The van der Waals surface area contributed by atoms with Gasteiger partial charge in [0.15, 0.2) is 10.8 Å². The molecule has 0 aliphatic rings. The van der Waals surface area contributed by atoms with Gasteiger partial charge >= 0.3 is 0 Å². The van der Waals surface area contributed by atoms with E-state index in [1.165, 1.54) is 11.3 Å². The third kappa shape index (κ3) is 2.74. The van der Waals surface area contributed by atoms with Gasteiger partial charge in [-0.3, -0.25) is 4.79 Å². The van der Waals surface area contributed by atoms with E-state index in [0.29, 0.717) is 22.2 Å². The number of thiazole rings is 1. The number of nitrogens with zero attached hydrogens (tertiary/aromatic N) is 2. The number of amides is 1. The van der Waals surface area contributed by atoms with Crippen molar-refractivity contribution in [1.29, 1.82) is 0 Å². The Morgan fingerprint density at radius 3 is 2.91 bits per heavy atom. The highest BCUT2D eigenvalue weighted by Gasteiger charge is 2.14. The van der Waals surface area contributed by atoms with E-state index < -0.39 is 0 Å². The summed E-state index contributed by atoms with van der Waals surface area (Å²) in [5, 5.41) is 7.14. The third-order valence-corrected chi connectivity index (χ3v) is 4.28. The number of carbonyl (C=O) groups is 1. The number of carbonyl (C=O) groups excluding carboxylic acids is 1. The number of nitrogens with one attached hydrogen (secondary N) is 1. The summed E-state index contributed by atoms with van der Waals surface area (Å²) in [6.45, 7) is 0.263. The van der Waals surface area contributed by atoms with Crippen LogP contribution in [0.4, 0.5) is 0 Å². The maximum atomic E-state index is 12.2. The zero-order valence-electron chi connectivity index (χ0n) is 11.9. The van der Waals surface area contributed by atoms with E-state index in [2.05, 4.69) is 15.5 Å². The number of para-hydroxylation sites is 1. The molecule has 0 saturated carbocycles. The second-order valence-corrected chi connectivity index (χ2v) is 5.86. The van der Waals surface area contributed by atoms with Gasteiger partial charge in [-0.25, -0.2) is 4.98 Å². The number of aromatic nitrogens is 2. The molecule has 1 N–H and O–H groups in total. The van der Waals surface area contributed by atoms with Gasteiger partial charge in [0.05, 0.1) is 23.0 Å². The van der Waals surface area contributed by atoms with E-state index in [-0.39, 0.29) is 12.5 Å². The summed E-state index contributed by atoms with van der Waals surface area (Å²) in [7, 11) is 0. The Morgan fingerprint density at radius 1 is 1.17 bits per heavy atom. The van der Waals surface area contributed by atoms with Crippen LogP contribution in [0.1, 0.15) is 15.5 Å². The fourth-order valence-corrected chi connectivity index (χ4v) is 3.03. The third-order valence-electron chi connectivity index (χ3n) is 3.24. The molecule has 0 unspecified atom stereocenters. The zero-order valence-corrected chi connectivity index (χ0v) is 12.7. The highest BCUT2D eigenvalue weighted by Crippen LogP contribution is 2.22. The van der Waals surface area contributed by atoms with Crippen LogP contribution in [-0.4, -0.2) is 16.0 Å². The molecular weight excluding hydrogens is 314 g/mol. The zero-order chi connectivity index (χ0) is 15.6. The summed E-state index contributed by atoms with van der Waals surface area (Å²) in [6, 6.07) is 12.9. The van der Waals surface area contributed by atoms with Gasteiger partial charge in [0.2, 0.25) is 5.76 Å². The largest absolute Gasteiger partial charge is 0.461 e. The number of hydrogen-bond acceptors (Lipinski definition) is 6. The summed E-state index contributed by atoms with van der Waals surface area (Å²) in [4.78, 5) is 16.5. The lowest BCUT2D eigenvalue weighted by Gasteiger charge is -1.98. The highest BCUT2D eigenvalue weighted by molar-refractivity contribution is 7.20. The molecular formula is C16H11N3O3S. The average Bonchev–Trinajstić information content (AvgIpc) is 3.31. The molecule has 0 aliphatic carbocycles. The maximum Gasteiger partial charge on any atom is 0.280 e. The minimum atomic E-state index is -0.228. The summed E-state index contributed by atoms with van der Waals surface area (Å²) in [6.07, 6.45) is 1.56. The molecule has 23 heavy (non-hydrogen) atoms. The number of rotatable bonds is 4. The van der Waals surface area contributed by atoms with E-state index in [4.69, 9.17) is 8.94 Å². The molecule has 4 rings (SSSR count). The second-order valence-electron chi connectivity index (χ2n) is 4.83. The first kappa shape index (κ1) is 13.7. The van der Waals surface area contributed by atoms with Crippen molar-refractivity contribution in [3.8, 4) is 11.5 Å². The van der Waals surface area contributed by atoms with E-state index in [1.54, 1.807) is 24.5 Å². The van der Waals surface area contributed by atoms with Crippen molar-refractivity contribution >= 4 is 27.5 Å². The Labute approximate surface area is 134 Å². The van der Waals surface area contributed by atoms with Crippen molar-refractivity contribution < 1.29 is 13.7 Å². The van der Waals surface area contributed by atoms with Crippen molar-refractivity contribution in [1.82, 2.24) is 15.5 Å². The van der Waals surface area contributed by atoms with Gasteiger partial charge in [-0.05, 0) is 24.3 Å². The molecule has 0 bridgehead atoms. The summed E-state index contributed by atoms with van der Waals surface area (Å²) >= 11 is 1.36. The molecule has 0 spiro atoms. The van der Waals surface area contributed by atoms with Crippen LogP contribution in [0.3, 0.4) is 0 Å². The van der Waals surface area contributed by atoms with Crippen LogP contribution in [0.5, 0.6) is 0 Å². The molecule has 114 valence electrons. The summed E-state index contributed by atoms with van der Waals surface area (Å²) in [5.74, 6) is 0.897. The van der Waals surface area contributed by atoms with Crippen molar-refractivity contribution in [3.63, 3.8) is 0 Å². The molecule has 0 saturated heterocycles. The normalized spacial score (nSPS) is 11.0. The van der Waals surface area contributed by atoms with Crippen molar-refractivity contribution in [2.75, 3.05) is 0 Å². The maximum absolute atomic E-state index is 12.2. The van der Waals surface area contributed by atoms with E-state index >= 15 is 0 Å². The van der Waals surface area contributed by atoms with E-state index in [1.807, 2.05) is 24.3 Å². The summed E-state index contributed by atoms with van der Waals surface area (Å²) < 4.78 is 11.4. The molecule has 4 aromatic rings. The standard InChI is InChI=1S/C16H11N3O3S/c20-15(16-18-11-4-1-2-6-14(11)23-16)17-9-10-8-13(22-19-10)12-5-3-7-21-12/h1-8H,9H2,(H,17,20). The minimum Gasteiger partial charge on any atom is -0.461 e. The molecule has 0 radical (unpaired) electrons. The highest BCUT2D eigenvalue weighted by atomic mass is 32.1. The van der Waals surface area contributed by atoms with Crippen molar-refractivity contribution in [3.05, 3.63) is 59.4 Å². The number of benzene rings is 1. The molecule has 3 heterocycles. The Hall–Kier alpha value is -2.93. The Bertz CT molecular complexity index is 923. The molecule has 3 aromatic heterocycles. The SMILES string of the molecule is O=C(NCc1cc(-c2ccco2)on1)c1nc2ccccc2s1. The van der Waals surface area contributed by atoms with Gasteiger partial charge in [-0.15, -0.1) is 11.3 Å². The van der Waals surface area contributed by atoms with E-state index in [0.717, 1.165) is 10.2 Å². The smallest absolute Gasteiger partial charge is 0.280 e. The van der Waals surface area contributed by atoms with Gasteiger partial charge in [-0.2, -0.15) is 0 Å². The van der Waals surface area contributed by atoms with Crippen LogP contribution in [0.2, 0.25) is 0 Å². The van der Waals surface area contributed by atoms with Gasteiger partial charge in [0.25, 0.3) is 5.91 Å². The molecule has 1 aromatic carbocycles. The minimum absolute atomic E-state index is 0.228. The van der Waals surface area contributed by atoms with Crippen LogP contribution in [0.25, 0.3) is 21.7 Å². The van der Waals surface area contributed by atoms with Crippen LogP contribution >= 0.6 is 11.3 Å². The van der Waals surface area contributed by atoms with Crippen LogP contribution in [0, 0.1) is 0 Å². The van der Waals surface area contributed by atoms with E-state index in [9.17, 15) is 4.79 Å². The molecule has 0 atom stereocenters. The number of hydrogen-bond donors (Lipinski definition) is 1. The predicted molar refractivity (Wildman–Crippen MR) is 85.0 cm³/mol. The Kier molecular flexibility index (Phi) is 3.39.